The topological polar surface area (TPSA) is 63.7 Å². The first-order valence-corrected chi connectivity index (χ1v) is 11.1. The third kappa shape index (κ3) is 5.79. The zero-order valence-corrected chi connectivity index (χ0v) is 19.0. The van der Waals surface area contributed by atoms with Gasteiger partial charge < -0.3 is 25.3 Å². The van der Waals surface area contributed by atoms with Gasteiger partial charge in [0.05, 0.1) is 5.52 Å². The summed E-state index contributed by atoms with van der Waals surface area (Å²) in [6.45, 7) is 13.0. The van der Waals surface area contributed by atoms with E-state index < -0.39 is 0 Å². The van der Waals surface area contributed by atoms with Gasteiger partial charge in [-0.1, -0.05) is 13.8 Å². The number of nitrogens with zero attached hydrogens (tertiary/aromatic N) is 4. The third-order valence-corrected chi connectivity index (χ3v) is 5.84. The molecule has 30 heavy (non-hydrogen) atoms. The monoisotopic (exact) mass is 428 g/mol. The minimum absolute atomic E-state index is 0.140. The number of piperazine rings is 1. The smallest absolute Gasteiger partial charge is 0.219 e. The summed E-state index contributed by atoms with van der Waals surface area (Å²) >= 11 is 5.43. The van der Waals surface area contributed by atoms with Gasteiger partial charge in [-0.2, -0.15) is 0 Å². The fourth-order valence-corrected chi connectivity index (χ4v) is 3.88. The molecule has 7 nitrogen and oxygen atoms in total. The van der Waals surface area contributed by atoms with Crippen molar-refractivity contribution in [2.24, 2.45) is 0 Å². The summed E-state index contributed by atoms with van der Waals surface area (Å²) in [6.07, 6.45) is 0. The third-order valence-electron chi connectivity index (χ3n) is 5.59. The number of fused-ring (bicyclic) bond motifs is 1. The van der Waals surface area contributed by atoms with Gasteiger partial charge in [-0.15, -0.1) is 0 Å². The minimum Gasteiger partial charge on any atom is -0.361 e. The fourth-order valence-electron chi connectivity index (χ4n) is 3.66. The van der Waals surface area contributed by atoms with Crippen LogP contribution in [-0.4, -0.2) is 78.2 Å². The van der Waals surface area contributed by atoms with Crippen LogP contribution in [0.25, 0.3) is 10.9 Å². The Morgan fingerprint density at radius 3 is 2.53 bits per heavy atom. The average Bonchev–Trinajstić information content (AvgIpc) is 2.76. The number of anilines is 2. The lowest BCUT2D eigenvalue weighted by Crippen LogP contribution is -2.48. The van der Waals surface area contributed by atoms with Crippen LogP contribution >= 0.6 is 12.2 Å². The van der Waals surface area contributed by atoms with E-state index in [0.29, 0.717) is 5.11 Å². The van der Waals surface area contributed by atoms with Crippen molar-refractivity contribution in [2.45, 2.75) is 20.8 Å². The number of carbonyl (C=O) groups excluding carboxylic acids is 1. The number of rotatable bonds is 7. The van der Waals surface area contributed by atoms with E-state index in [1.54, 1.807) is 6.92 Å². The summed E-state index contributed by atoms with van der Waals surface area (Å²) in [4.78, 5) is 22.8. The molecule has 2 N–H and O–H groups in total. The lowest BCUT2D eigenvalue weighted by molar-refractivity contribution is -0.129. The van der Waals surface area contributed by atoms with Crippen molar-refractivity contribution in [3.8, 4) is 0 Å². The van der Waals surface area contributed by atoms with E-state index in [0.717, 1.165) is 74.8 Å². The molecule has 1 aliphatic heterocycles. The normalized spacial score (nSPS) is 14.3. The van der Waals surface area contributed by atoms with Crippen LogP contribution in [0.15, 0.2) is 30.3 Å². The van der Waals surface area contributed by atoms with E-state index in [4.69, 9.17) is 17.2 Å². The lowest BCUT2D eigenvalue weighted by atomic mass is 10.2. The van der Waals surface area contributed by atoms with Crippen LogP contribution in [-0.2, 0) is 4.79 Å². The van der Waals surface area contributed by atoms with Crippen LogP contribution in [0.1, 0.15) is 20.8 Å². The van der Waals surface area contributed by atoms with Crippen molar-refractivity contribution in [3.05, 3.63) is 30.3 Å². The zero-order valence-electron chi connectivity index (χ0n) is 18.1. The van der Waals surface area contributed by atoms with E-state index >= 15 is 0 Å². The van der Waals surface area contributed by atoms with Crippen LogP contribution in [0.4, 0.5) is 11.5 Å². The predicted octanol–water partition coefficient (Wildman–Crippen LogP) is 2.53. The number of thiocarbonyl (C=S) groups is 1. The second-order valence-electron chi connectivity index (χ2n) is 7.48. The van der Waals surface area contributed by atoms with Gasteiger partial charge in [0.1, 0.15) is 5.82 Å². The van der Waals surface area contributed by atoms with E-state index in [9.17, 15) is 4.79 Å². The molecule has 3 rings (SSSR count). The van der Waals surface area contributed by atoms with Crippen LogP contribution in [0.3, 0.4) is 0 Å². The molecule has 0 bridgehead atoms. The minimum atomic E-state index is 0.140. The quantitative estimate of drug-likeness (QED) is 0.657. The summed E-state index contributed by atoms with van der Waals surface area (Å²) in [5, 5.41) is 8.23. The van der Waals surface area contributed by atoms with Gasteiger partial charge in [-0.25, -0.2) is 4.98 Å². The van der Waals surface area contributed by atoms with Crippen molar-refractivity contribution in [1.29, 1.82) is 0 Å². The summed E-state index contributed by atoms with van der Waals surface area (Å²) < 4.78 is 0. The Bertz CT molecular complexity index is 877. The first-order valence-electron chi connectivity index (χ1n) is 10.7. The molecule has 1 aromatic heterocycles. The highest BCUT2D eigenvalue weighted by atomic mass is 32.1. The molecular formula is C22H32N6OS. The number of aromatic nitrogens is 1. The summed E-state index contributed by atoms with van der Waals surface area (Å²) in [6, 6.07) is 10.2. The van der Waals surface area contributed by atoms with Gasteiger partial charge in [-0.05, 0) is 55.6 Å². The SMILES string of the molecule is CCN(CC)CCNC(=S)Nc1ccc2nc(N3CCN(C(C)=O)CC3)ccc2c1. The number of hydrogen-bond acceptors (Lipinski definition) is 5. The molecule has 0 spiro atoms. The number of benzene rings is 1. The van der Waals surface area contributed by atoms with E-state index in [1.165, 1.54) is 0 Å². The number of hydrogen-bond donors (Lipinski definition) is 2. The van der Waals surface area contributed by atoms with Crippen LogP contribution < -0.4 is 15.5 Å². The van der Waals surface area contributed by atoms with Crippen molar-refractivity contribution < 1.29 is 4.79 Å². The Kier molecular flexibility index (Phi) is 7.81. The molecule has 0 atom stereocenters. The highest BCUT2D eigenvalue weighted by Gasteiger charge is 2.19. The van der Waals surface area contributed by atoms with Gasteiger partial charge >= 0.3 is 0 Å². The molecular weight excluding hydrogens is 396 g/mol. The second-order valence-corrected chi connectivity index (χ2v) is 7.89. The van der Waals surface area contributed by atoms with Gasteiger partial charge in [0.2, 0.25) is 5.91 Å². The van der Waals surface area contributed by atoms with Gasteiger partial charge in [-0.3, -0.25) is 4.79 Å². The largest absolute Gasteiger partial charge is 0.361 e. The first-order chi connectivity index (χ1) is 14.5. The highest BCUT2D eigenvalue weighted by molar-refractivity contribution is 7.80. The highest BCUT2D eigenvalue weighted by Crippen LogP contribution is 2.22. The Morgan fingerprint density at radius 1 is 1.13 bits per heavy atom. The molecule has 0 saturated carbocycles. The van der Waals surface area contributed by atoms with E-state index in [-0.39, 0.29) is 5.91 Å². The van der Waals surface area contributed by atoms with Crippen molar-refractivity contribution in [1.82, 2.24) is 20.1 Å². The van der Waals surface area contributed by atoms with Crippen molar-refractivity contribution >= 4 is 45.6 Å². The van der Waals surface area contributed by atoms with Crippen molar-refractivity contribution in [2.75, 3.05) is 62.6 Å². The van der Waals surface area contributed by atoms with E-state index in [1.807, 2.05) is 17.0 Å². The maximum Gasteiger partial charge on any atom is 0.219 e. The van der Waals surface area contributed by atoms with Crippen LogP contribution in [0.5, 0.6) is 0 Å². The molecule has 0 radical (unpaired) electrons. The Labute approximate surface area is 184 Å². The number of likely N-dealkylation sites (N-methyl/N-ethyl adjacent to an activating group) is 1. The fraction of sp³-hybridized carbons (Fsp3) is 0.500. The molecule has 1 aromatic carbocycles. The molecule has 1 saturated heterocycles. The Morgan fingerprint density at radius 2 is 1.87 bits per heavy atom. The summed E-state index contributed by atoms with van der Waals surface area (Å²) in [7, 11) is 0. The zero-order chi connectivity index (χ0) is 21.5. The number of amides is 1. The number of carbonyl (C=O) groups is 1. The van der Waals surface area contributed by atoms with Crippen LogP contribution in [0.2, 0.25) is 0 Å². The predicted molar refractivity (Wildman–Crippen MR) is 128 cm³/mol. The number of nitrogens with one attached hydrogen (secondary N) is 2. The second kappa shape index (κ2) is 10.5. The molecule has 2 aromatic rings. The van der Waals surface area contributed by atoms with Crippen LogP contribution in [0, 0.1) is 0 Å². The summed E-state index contributed by atoms with van der Waals surface area (Å²) in [5.41, 5.74) is 1.90. The van der Waals surface area contributed by atoms with E-state index in [2.05, 4.69) is 52.5 Å². The number of pyridine rings is 1. The Balaban J connectivity index is 1.57. The Hall–Kier alpha value is -2.45. The molecule has 1 aliphatic rings. The molecule has 2 heterocycles. The van der Waals surface area contributed by atoms with Gasteiger partial charge in [0, 0.05) is 57.3 Å². The molecule has 8 heteroatoms. The van der Waals surface area contributed by atoms with Crippen molar-refractivity contribution in [3.63, 3.8) is 0 Å². The maximum absolute atomic E-state index is 11.5. The first kappa shape index (κ1) is 22.2. The lowest BCUT2D eigenvalue weighted by Gasteiger charge is -2.35. The molecule has 0 unspecified atom stereocenters. The average molecular weight is 429 g/mol. The van der Waals surface area contributed by atoms with Gasteiger partial charge in [0.25, 0.3) is 0 Å². The molecule has 0 aliphatic carbocycles. The molecule has 162 valence electrons. The standard InChI is InChI=1S/C22H32N6OS/c1-4-26(5-2)11-10-23-22(30)24-19-7-8-20-18(16-19)6-9-21(25-20)28-14-12-27(13-15-28)17(3)29/h6-9,16H,4-5,10-15H2,1-3H3,(H2,23,24,30). The maximum atomic E-state index is 11.5. The molecule has 1 fully saturated rings. The summed E-state index contributed by atoms with van der Waals surface area (Å²) in [5.74, 6) is 1.10. The van der Waals surface area contributed by atoms with Gasteiger partial charge in [0.15, 0.2) is 5.11 Å². The molecule has 1 amide bonds.